The van der Waals surface area contributed by atoms with E-state index in [9.17, 15) is 4.79 Å². The molecule has 1 saturated heterocycles. The third-order valence-electron chi connectivity index (χ3n) is 3.91. The van der Waals surface area contributed by atoms with Gasteiger partial charge in [-0.05, 0) is 33.1 Å². The van der Waals surface area contributed by atoms with Crippen LogP contribution >= 0.6 is 0 Å². The molecule has 106 valence electrons. The maximum atomic E-state index is 12.3. The topological polar surface area (TPSA) is 55.6 Å². The Kier molecular flexibility index (Phi) is 6.09. The Morgan fingerprint density at radius 2 is 1.89 bits per heavy atom. The molecule has 2 unspecified atom stereocenters. The van der Waals surface area contributed by atoms with Crippen molar-refractivity contribution in [3.8, 4) is 0 Å². The highest BCUT2D eigenvalue weighted by Crippen LogP contribution is 2.18. The van der Waals surface area contributed by atoms with Crippen molar-refractivity contribution in [1.29, 1.82) is 0 Å². The van der Waals surface area contributed by atoms with Crippen LogP contribution in [0.25, 0.3) is 0 Å². The summed E-state index contributed by atoms with van der Waals surface area (Å²) >= 11 is 0. The standard InChI is InChI=1S/C14H28N2O2/c1-4-14(3,11-15)18-12(2)13(17)16-9-7-5-6-8-10-16/h12H,4-11,15H2,1-3H3. The van der Waals surface area contributed by atoms with Gasteiger partial charge in [0.05, 0.1) is 5.60 Å². The molecule has 1 fully saturated rings. The van der Waals surface area contributed by atoms with Crippen molar-refractivity contribution in [3.05, 3.63) is 0 Å². The first-order valence-electron chi connectivity index (χ1n) is 7.19. The molecule has 4 nitrogen and oxygen atoms in total. The van der Waals surface area contributed by atoms with E-state index in [2.05, 4.69) is 0 Å². The minimum Gasteiger partial charge on any atom is -0.361 e. The zero-order chi connectivity index (χ0) is 13.6. The zero-order valence-electron chi connectivity index (χ0n) is 12.1. The van der Waals surface area contributed by atoms with Crippen LogP contribution < -0.4 is 5.73 Å². The van der Waals surface area contributed by atoms with Crippen molar-refractivity contribution in [2.24, 2.45) is 5.73 Å². The predicted molar refractivity (Wildman–Crippen MR) is 73.3 cm³/mol. The molecule has 0 aromatic rings. The van der Waals surface area contributed by atoms with Gasteiger partial charge in [0.2, 0.25) is 0 Å². The minimum absolute atomic E-state index is 0.116. The van der Waals surface area contributed by atoms with Crippen molar-refractivity contribution in [2.45, 2.75) is 64.6 Å². The molecule has 1 amide bonds. The fraction of sp³-hybridized carbons (Fsp3) is 0.929. The molecule has 0 radical (unpaired) electrons. The highest BCUT2D eigenvalue weighted by atomic mass is 16.5. The van der Waals surface area contributed by atoms with E-state index >= 15 is 0 Å². The molecule has 18 heavy (non-hydrogen) atoms. The number of carbonyl (C=O) groups excluding carboxylic acids is 1. The Morgan fingerprint density at radius 1 is 1.33 bits per heavy atom. The van der Waals surface area contributed by atoms with Gasteiger partial charge in [-0.25, -0.2) is 0 Å². The molecule has 0 aromatic carbocycles. The number of nitrogens with two attached hydrogens (primary N) is 1. The van der Waals surface area contributed by atoms with Gasteiger partial charge >= 0.3 is 0 Å². The van der Waals surface area contributed by atoms with Crippen molar-refractivity contribution < 1.29 is 9.53 Å². The van der Waals surface area contributed by atoms with Crippen molar-refractivity contribution >= 4 is 5.91 Å². The Hall–Kier alpha value is -0.610. The molecular weight excluding hydrogens is 228 g/mol. The van der Waals surface area contributed by atoms with Gasteiger partial charge in [0.1, 0.15) is 6.10 Å². The van der Waals surface area contributed by atoms with Gasteiger partial charge in [-0.2, -0.15) is 0 Å². The van der Waals surface area contributed by atoms with Crippen LogP contribution in [-0.2, 0) is 9.53 Å². The van der Waals surface area contributed by atoms with E-state index < -0.39 is 6.10 Å². The number of hydrogen-bond donors (Lipinski definition) is 1. The average Bonchev–Trinajstić information content (AvgIpc) is 2.66. The van der Waals surface area contributed by atoms with E-state index in [1.165, 1.54) is 12.8 Å². The Morgan fingerprint density at radius 3 is 2.33 bits per heavy atom. The van der Waals surface area contributed by atoms with Crippen LogP contribution in [-0.4, -0.2) is 42.1 Å². The lowest BCUT2D eigenvalue weighted by Gasteiger charge is -2.32. The molecule has 1 aliphatic heterocycles. The molecule has 0 bridgehead atoms. The second-order valence-corrected chi connectivity index (χ2v) is 5.51. The molecule has 1 heterocycles. The largest absolute Gasteiger partial charge is 0.361 e. The fourth-order valence-corrected chi connectivity index (χ4v) is 2.30. The van der Waals surface area contributed by atoms with Crippen molar-refractivity contribution in [2.75, 3.05) is 19.6 Å². The minimum atomic E-state index is -0.392. The molecule has 0 aliphatic carbocycles. The van der Waals surface area contributed by atoms with E-state index in [-0.39, 0.29) is 11.5 Å². The van der Waals surface area contributed by atoms with E-state index in [0.717, 1.165) is 32.4 Å². The number of rotatable bonds is 5. The number of hydrogen-bond acceptors (Lipinski definition) is 3. The first-order valence-corrected chi connectivity index (χ1v) is 7.19. The van der Waals surface area contributed by atoms with Gasteiger partial charge < -0.3 is 15.4 Å². The van der Waals surface area contributed by atoms with Crippen LogP contribution in [0.4, 0.5) is 0 Å². The lowest BCUT2D eigenvalue weighted by Crippen LogP contribution is -2.46. The summed E-state index contributed by atoms with van der Waals surface area (Å²) in [5, 5.41) is 0. The quantitative estimate of drug-likeness (QED) is 0.817. The second-order valence-electron chi connectivity index (χ2n) is 5.51. The molecule has 4 heteroatoms. The fourth-order valence-electron chi connectivity index (χ4n) is 2.30. The SMILES string of the molecule is CCC(C)(CN)OC(C)C(=O)N1CCCCCC1. The number of likely N-dealkylation sites (tertiary alicyclic amines) is 1. The summed E-state index contributed by atoms with van der Waals surface area (Å²) < 4.78 is 5.88. The van der Waals surface area contributed by atoms with Gasteiger partial charge in [-0.1, -0.05) is 19.8 Å². The summed E-state index contributed by atoms with van der Waals surface area (Å²) in [4.78, 5) is 14.3. The van der Waals surface area contributed by atoms with E-state index in [1.54, 1.807) is 0 Å². The first-order chi connectivity index (χ1) is 8.52. The molecule has 0 saturated carbocycles. The van der Waals surface area contributed by atoms with Gasteiger partial charge in [-0.15, -0.1) is 0 Å². The number of nitrogens with zero attached hydrogens (tertiary/aromatic N) is 1. The Bertz CT molecular complexity index is 257. The summed E-state index contributed by atoms with van der Waals surface area (Å²) in [6.45, 7) is 8.04. The van der Waals surface area contributed by atoms with Crippen molar-refractivity contribution in [3.63, 3.8) is 0 Å². The van der Waals surface area contributed by atoms with Gasteiger partial charge in [-0.3, -0.25) is 4.79 Å². The first kappa shape index (κ1) is 15.4. The number of amides is 1. The lowest BCUT2D eigenvalue weighted by molar-refractivity contribution is -0.153. The Labute approximate surface area is 111 Å². The maximum Gasteiger partial charge on any atom is 0.251 e. The lowest BCUT2D eigenvalue weighted by atomic mass is 10.0. The molecule has 1 rings (SSSR count). The molecule has 0 spiro atoms. The summed E-state index contributed by atoms with van der Waals surface area (Å²) in [6, 6.07) is 0. The van der Waals surface area contributed by atoms with E-state index in [0.29, 0.717) is 6.54 Å². The highest BCUT2D eigenvalue weighted by Gasteiger charge is 2.29. The van der Waals surface area contributed by atoms with Crippen molar-refractivity contribution in [1.82, 2.24) is 4.90 Å². The molecule has 2 N–H and O–H groups in total. The summed E-state index contributed by atoms with van der Waals surface area (Å²) in [7, 11) is 0. The predicted octanol–water partition coefficient (Wildman–Crippen LogP) is 1.92. The molecule has 0 aromatic heterocycles. The van der Waals surface area contributed by atoms with Crippen LogP contribution in [0.5, 0.6) is 0 Å². The molecule has 2 atom stereocenters. The average molecular weight is 256 g/mol. The van der Waals surface area contributed by atoms with Crippen LogP contribution in [0.2, 0.25) is 0 Å². The van der Waals surface area contributed by atoms with Crippen LogP contribution in [0, 0.1) is 0 Å². The van der Waals surface area contributed by atoms with Gasteiger partial charge in [0.25, 0.3) is 5.91 Å². The zero-order valence-corrected chi connectivity index (χ0v) is 12.1. The maximum absolute atomic E-state index is 12.3. The summed E-state index contributed by atoms with van der Waals surface area (Å²) in [5.41, 5.74) is 5.33. The molecule has 1 aliphatic rings. The third-order valence-corrected chi connectivity index (χ3v) is 3.91. The summed E-state index contributed by atoms with van der Waals surface area (Å²) in [5.74, 6) is 0.116. The van der Waals surface area contributed by atoms with E-state index in [4.69, 9.17) is 10.5 Å². The monoisotopic (exact) mass is 256 g/mol. The Balaban J connectivity index is 2.54. The van der Waals surface area contributed by atoms with Gasteiger partial charge in [0, 0.05) is 19.6 Å². The van der Waals surface area contributed by atoms with E-state index in [1.807, 2.05) is 25.7 Å². The third kappa shape index (κ3) is 4.25. The van der Waals surface area contributed by atoms with Crippen LogP contribution in [0.1, 0.15) is 52.9 Å². The smallest absolute Gasteiger partial charge is 0.251 e. The van der Waals surface area contributed by atoms with Gasteiger partial charge in [0.15, 0.2) is 0 Å². The van der Waals surface area contributed by atoms with Crippen LogP contribution in [0.15, 0.2) is 0 Å². The normalized spacial score (nSPS) is 22.1. The number of ether oxygens (including phenoxy) is 1. The summed E-state index contributed by atoms with van der Waals surface area (Å²) in [6.07, 6.45) is 5.11. The number of carbonyl (C=O) groups is 1. The van der Waals surface area contributed by atoms with Crippen LogP contribution in [0.3, 0.4) is 0 Å². The highest BCUT2D eigenvalue weighted by molar-refractivity contribution is 5.80. The second kappa shape index (κ2) is 7.10. The molecular formula is C14H28N2O2.